The van der Waals surface area contributed by atoms with Crippen LogP contribution < -0.4 is 14.8 Å². The van der Waals surface area contributed by atoms with Crippen LogP contribution in [-0.2, 0) is 24.1 Å². The van der Waals surface area contributed by atoms with Crippen LogP contribution in [0, 0.1) is 11.3 Å². The first-order valence-corrected chi connectivity index (χ1v) is 21.7. The summed E-state index contributed by atoms with van der Waals surface area (Å²) in [6.45, 7) is 8.72. The van der Waals surface area contributed by atoms with Crippen LogP contribution in [0.5, 0.6) is 11.5 Å². The molecule has 0 radical (unpaired) electrons. The smallest absolute Gasteiger partial charge is 0.259 e. The van der Waals surface area contributed by atoms with Gasteiger partial charge in [-0.25, -0.2) is 19.6 Å². The summed E-state index contributed by atoms with van der Waals surface area (Å²) in [5, 5.41) is 12.3. The summed E-state index contributed by atoms with van der Waals surface area (Å²) in [5.74, 6) is 1.37. The molecule has 7 rings (SSSR count). The van der Waals surface area contributed by atoms with Gasteiger partial charge in [0, 0.05) is 24.1 Å². The van der Waals surface area contributed by atoms with Crippen molar-refractivity contribution < 1.29 is 32.8 Å². The fraction of sp³-hybridized carbons (Fsp3) is 0.340. The zero-order chi connectivity index (χ0) is 43.6. The summed E-state index contributed by atoms with van der Waals surface area (Å²) in [6, 6.07) is 37.2. The van der Waals surface area contributed by atoms with Crippen LogP contribution in [0.4, 0.5) is 5.82 Å². The van der Waals surface area contributed by atoms with Crippen molar-refractivity contribution in [1.82, 2.24) is 24.2 Å². The van der Waals surface area contributed by atoms with Gasteiger partial charge in [-0.05, 0) is 80.8 Å². The molecule has 4 atom stereocenters. The number of imidazole rings is 1. The highest BCUT2D eigenvalue weighted by molar-refractivity contribution is 7.44. The predicted molar refractivity (Wildman–Crippen MR) is 237 cm³/mol. The second-order valence-corrected chi connectivity index (χ2v) is 16.7. The summed E-state index contributed by atoms with van der Waals surface area (Å²) in [4.78, 5) is 26.9. The van der Waals surface area contributed by atoms with Crippen molar-refractivity contribution in [2.75, 3.05) is 32.8 Å². The van der Waals surface area contributed by atoms with E-state index in [2.05, 4.69) is 70.8 Å². The highest BCUT2D eigenvalue weighted by Gasteiger charge is 2.47. The molecule has 1 unspecified atom stereocenters. The normalized spacial score (nSPS) is 17.1. The highest BCUT2D eigenvalue weighted by atomic mass is 31.2. The van der Waals surface area contributed by atoms with Gasteiger partial charge in [-0.1, -0.05) is 72.8 Å². The van der Waals surface area contributed by atoms with E-state index in [-0.39, 0.29) is 43.4 Å². The Morgan fingerprint density at radius 1 is 0.855 bits per heavy atom. The van der Waals surface area contributed by atoms with Crippen molar-refractivity contribution in [2.24, 2.45) is 0 Å². The Bertz CT molecular complexity index is 2360. The molecule has 1 amide bonds. The maximum absolute atomic E-state index is 13.2. The molecule has 1 aliphatic rings. The minimum absolute atomic E-state index is 0.0944. The average molecular weight is 858 g/mol. The van der Waals surface area contributed by atoms with Gasteiger partial charge in [0.05, 0.1) is 52.4 Å². The monoisotopic (exact) mass is 857 g/mol. The molecule has 1 saturated heterocycles. The first-order chi connectivity index (χ1) is 30.2. The molecule has 322 valence electrons. The van der Waals surface area contributed by atoms with Gasteiger partial charge in [0.15, 0.2) is 17.0 Å². The van der Waals surface area contributed by atoms with Gasteiger partial charge >= 0.3 is 0 Å². The van der Waals surface area contributed by atoms with E-state index in [1.54, 1.807) is 44.8 Å². The minimum atomic E-state index is -1.61. The van der Waals surface area contributed by atoms with Crippen molar-refractivity contribution >= 4 is 31.4 Å². The van der Waals surface area contributed by atoms with Gasteiger partial charge in [0.25, 0.3) is 14.4 Å². The zero-order valence-corrected chi connectivity index (χ0v) is 36.6. The van der Waals surface area contributed by atoms with Crippen LogP contribution in [0.25, 0.3) is 11.2 Å². The van der Waals surface area contributed by atoms with Gasteiger partial charge in [0.1, 0.15) is 35.8 Å². The molecule has 3 heterocycles. The van der Waals surface area contributed by atoms with E-state index < -0.39 is 32.6 Å². The van der Waals surface area contributed by atoms with Crippen molar-refractivity contribution in [2.45, 2.75) is 76.7 Å². The Labute approximate surface area is 363 Å². The van der Waals surface area contributed by atoms with Crippen molar-refractivity contribution in [1.29, 1.82) is 5.26 Å². The van der Waals surface area contributed by atoms with E-state index in [0.29, 0.717) is 34.6 Å². The van der Waals surface area contributed by atoms with Crippen LogP contribution in [0.2, 0.25) is 0 Å². The molecule has 1 fully saturated rings. The van der Waals surface area contributed by atoms with E-state index >= 15 is 0 Å². The van der Waals surface area contributed by atoms with Crippen molar-refractivity contribution in [3.05, 3.63) is 144 Å². The van der Waals surface area contributed by atoms with E-state index in [1.165, 1.54) is 6.33 Å². The number of aromatic nitrogens is 4. The lowest BCUT2D eigenvalue weighted by Crippen LogP contribution is -2.41. The molecule has 15 heteroatoms. The Morgan fingerprint density at radius 2 is 1.45 bits per heavy atom. The van der Waals surface area contributed by atoms with Gasteiger partial charge in [0.2, 0.25) is 0 Å². The number of anilines is 1. The molecule has 14 nitrogen and oxygen atoms in total. The third kappa shape index (κ3) is 9.64. The summed E-state index contributed by atoms with van der Waals surface area (Å²) in [7, 11) is 1.68. The van der Waals surface area contributed by atoms with Crippen LogP contribution >= 0.6 is 8.53 Å². The number of nitriles is 1. The number of benzene rings is 4. The number of nitrogens with zero attached hydrogens (tertiary/aromatic N) is 6. The van der Waals surface area contributed by atoms with Crippen molar-refractivity contribution in [3.63, 3.8) is 0 Å². The Balaban J connectivity index is 1.31. The van der Waals surface area contributed by atoms with Crippen molar-refractivity contribution in [3.8, 4) is 17.6 Å². The second-order valence-electron chi connectivity index (χ2n) is 15.2. The molecule has 1 N–H and O–H groups in total. The molecule has 2 aromatic heterocycles. The third-order valence-corrected chi connectivity index (χ3v) is 12.7. The summed E-state index contributed by atoms with van der Waals surface area (Å²) in [6.07, 6.45) is 1.79. The molecule has 6 aromatic rings. The predicted octanol–water partition coefficient (Wildman–Crippen LogP) is 9.05. The van der Waals surface area contributed by atoms with Gasteiger partial charge in [-0.3, -0.25) is 9.36 Å². The minimum Gasteiger partial charge on any atom is -0.497 e. The molecular weight excluding hydrogens is 806 g/mol. The number of rotatable bonds is 19. The van der Waals surface area contributed by atoms with E-state index in [9.17, 15) is 10.1 Å². The number of methoxy groups -OCH3 is 2. The number of fused-ring (bicyclic) bond motifs is 1. The van der Waals surface area contributed by atoms with Gasteiger partial charge in [-0.15, -0.1) is 0 Å². The molecule has 62 heavy (non-hydrogen) atoms. The lowest BCUT2D eigenvalue weighted by atomic mass is 9.79. The first kappa shape index (κ1) is 44.3. The molecular formula is C47H52N7O7P. The Hall–Kier alpha value is -5.78. The number of ether oxygens (including phenoxy) is 4. The lowest BCUT2D eigenvalue weighted by Gasteiger charge is -2.40. The number of amides is 1. The topological polar surface area (TPSA) is 155 Å². The lowest BCUT2D eigenvalue weighted by molar-refractivity contribution is -0.0968. The van der Waals surface area contributed by atoms with Crippen LogP contribution in [0.15, 0.2) is 122 Å². The van der Waals surface area contributed by atoms with Crippen LogP contribution in [-0.4, -0.2) is 81.8 Å². The third-order valence-electron chi connectivity index (χ3n) is 10.6. The molecule has 0 spiro atoms. The van der Waals surface area contributed by atoms with Gasteiger partial charge in [-0.2, -0.15) is 5.26 Å². The second kappa shape index (κ2) is 20.4. The quantitative estimate of drug-likeness (QED) is 0.0469. The average Bonchev–Trinajstić information content (AvgIpc) is 3.92. The first-order valence-electron chi connectivity index (χ1n) is 20.6. The highest BCUT2D eigenvalue weighted by Crippen LogP contribution is 2.49. The summed E-state index contributed by atoms with van der Waals surface area (Å²) >= 11 is 0. The van der Waals surface area contributed by atoms with E-state index in [1.807, 2.05) is 77.4 Å². The Morgan fingerprint density at radius 3 is 2.03 bits per heavy atom. The van der Waals surface area contributed by atoms with Crippen LogP contribution in [0.3, 0.4) is 0 Å². The molecule has 0 aliphatic carbocycles. The summed E-state index contributed by atoms with van der Waals surface area (Å²) in [5.41, 5.74) is 2.83. The Kier molecular flexibility index (Phi) is 14.6. The zero-order valence-electron chi connectivity index (χ0n) is 35.8. The van der Waals surface area contributed by atoms with E-state index in [4.69, 9.17) is 28.0 Å². The maximum atomic E-state index is 13.2. The van der Waals surface area contributed by atoms with E-state index in [0.717, 1.165) is 16.7 Å². The number of nitrogens with one attached hydrogen (secondary N) is 1. The number of hydrogen-bond donors (Lipinski definition) is 1. The number of hydrogen-bond acceptors (Lipinski definition) is 12. The fourth-order valence-electron chi connectivity index (χ4n) is 7.77. The van der Waals surface area contributed by atoms with Gasteiger partial charge < -0.3 is 33.3 Å². The molecule has 1 aliphatic heterocycles. The fourth-order valence-corrected chi connectivity index (χ4v) is 9.39. The maximum Gasteiger partial charge on any atom is 0.259 e. The number of carbonyl (C=O) groups excluding carboxylic acids is 1. The molecule has 0 bridgehead atoms. The standard InChI is InChI=1S/C47H52N7O7P/c1-32(2)54(33(3)4)62(58-27-13-26-48)59-29-41-40(28-42(60-41)53-31-51-43-44(49-30-50-45(43)53)52-46(55)34-14-9-7-10-15-34)61-47(35-16-11-8-12-17-35,36-18-22-38(56-5)23-19-36)37-20-24-39(57-6)25-21-37/h7-12,14-25,30-33,40-42H,13,27-29H2,1-6H3,(H,49,50,52,55)/t40-,41+,42+,62?/m0/s1. The molecule has 4 aromatic carbocycles. The summed E-state index contributed by atoms with van der Waals surface area (Å²) < 4.78 is 42.9. The molecule has 0 saturated carbocycles. The van der Waals surface area contributed by atoms with Crippen LogP contribution in [0.1, 0.15) is 73.8 Å². The largest absolute Gasteiger partial charge is 0.497 e. The number of carbonyl (C=O) groups is 1. The SMILES string of the molecule is COc1ccc(C(O[C@H]2C[C@H](n3cnc4c(NC(=O)c5ccccc5)ncnc43)O[C@@H]2COP(OCCC#N)N(C(C)C)C(C)C)(c2ccccc2)c2ccc(OC)cc2)cc1.